The average molecular weight is 325 g/mol. The summed E-state index contributed by atoms with van der Waals surface area (Å²) >= 11 is 0. The van der Waals surface area contributed by atoms with Crippen LogP contribution in [0, 0.1) is 0 Å². The molecule has 6 heteroatoms. The number of rotatable bonds is 5. The van der Waals surface area contributed by atoms with Crippen molar-refractivity contribution >= 4 is 22.8 Å². The Morgan fingerprint density at radius 3 is 2.67 bits per heavy atom. The first-order valence-electron chi connectivity index (χ1n) is 8.26. The molecule has 2 aromatic heterocycles. The van der Waals surface area contributed by atoms with Crippen molar-refractivity contribution in [2.75, 3.05) is 5.32 Å². The third-order valence-electron chi connectivity index (χ3n) is 4.03. The Bertz CT molecular complexity index is 859. The molecule has 0 bridgehead atoms. The van der Waals surface area contributed by atoms with Gasteiger partial charge in [0.2, 0.25) is 11.9 Å². The smallest absolute Gasteiger partial charge is 0.248 e. The molecule has 0 unspecified atom stereocenters. The number of hydrogen-bond acceptors (Lipinski definition) is 3. The van der Waals surface area contributed by atoms with Gasteiger partial charge in [0.05, 0.1) is 6.42 Å². The van der Waals surface area contributed by atoms with Gasteiger partial charge in [0.25, 0.3) is 0 Å². The van der Waals surface area contributed by atoms with Crippen molar-refractivity contribution in [1.82, 2.24) is 19.7 Å². The summed E-state index contributed by atoms with van der Waals surface area (Å²) in [5.74, 6) is 1.22. The normalized spacial score (nSPS) is 11.6. The Morgan fingerprint density at radius 1 is 1.25 bits per heavy atom. The van der Waals surface area contributed by atoms with Gasteiger partial charge in [-0.05, 0) is 25.5 Å². The molecule has 0 aliphatic carbocycles. The molecule has 0 saturated heterocycles. The fraction of sp³-hybridized carbons (Fsp3) is 0.389. The van der Waals surface area contributed by atoms with E-state index in [1.807, 2.05) is 26.0 Å². The summed E-state index contributed by atoms with van der Waals surface area (Å²) in [6, 6.07) is 8.50. The Hall–Kier alpha value is -2.63. The zero-order valence-electron chi connectivity index (χ0n) is 14.5. The van der Waals surface area contributed by atoms with Crippen molar-refractivity contribution < 1.29 is 4.79 Å². The zero-order chi connectivity index (χ0) is 17.3. The molecule has 0 aliphatic heterocycles. The first-order valence-corrected chi connectivity index (χ1v) is 8.26. The molecule has 6 nitrogen and oxygen atoms in total. The molecule has 126 valence electrons. The topological polar surface area (TPSA) is 75.6 Å². The molecule has 3 aromatic rings. The minimum Gasteiger partial charge on any atom is -0.345 e. The number of H-pyrrole nitrogens is 1. The second-order valence-corrected chi connectivity index (χ2v) is 6.60. The highest BCUT2D eigenvalue weighted by molar-refractivity contribution is 5.95. The van der Waals surface area contributed by atoms with Gasteiger partial charge >= 0.3 is 0 Å². The summed E-state index contributed by atoms with van der Waals surface area (Å²) in [4.78, 5) is 16.7. The van der Waals surface area contributed by atoms with E-state index >= 15 is 0 Å². The number of benzene rings is 1. The van der Waals surface area contributed by atoms with Crippen LogP contribution < -0.4 is 5.32 Å². The first-order chi connectivity index (χ1) is 11.5. The van der Waals surface area contributed by atoms with Gasteiger partial charge < -0.3 is 4.57 Å². The number of carbonyl (C=O) groups excluding carboxylic acids is 1. The molecule has 0 spiro atoms. The van der Waals surface area contributed by atoms with Crippen molar-refractivity contribution in [3.05, 3.63) is 41.9 Å². The van der Waals surface area contributed by atoms with E-state index in [2.05, 4.69) is 57.2 Å². The van der Waals surface area contributed by atoms with Gasteiger partial charge in [0.15, 0.2) is 0 Å². The van der Waals surface area contributed by atoms with E-state index in [1.165, 1.54) is 0 Å². The first kappa shape index (κ1) is 16.2. The van der Waals surface area contributed by atoms with Crippen molar-refractivity contribution in [3.63, 3.8) is 0 Å². The maximum Gasteiger partial charge on any atom is 0.248 e. The third kappa shape index (κ3) is 3.18. The number of nitrogens with one attached hydrogen (secondary N) is 2. The van der Waals surface area contributed by atoms with E-state index in [1.54, 1.807) is 0 Å². The molecule has 2 N–H and O–H groups in total. The van der Waals surface area contributed by atoms with Crippen molar-refractivity contribution in [1.29, 1.82) is 0 Å². The SMILES string of the molecule is CC(C)c1nc(NC(=O)Cc2cn(C(C)C)c3ccccc23)n[nH]1. The van der Waals surface area contributed by atoms with E-state index in [-0.39, 0.29) is 11.8 Å². The quantitative estimate of drug-likeness (QED) is 0.752. The van der Waals surface area contributed by atoms with Gasteiger partial charge in [-0.1, -0.05) is 32.0 Å². The summed E-state index contributed by atoms with van der Waals surface area (Å²) < 4.78 is 2.20. The molecule has 3 rings (SSSR count). The number of anilines is 1. The van der Waals surface area contributed by atoms with E-state index in [0.717, 1.165) is 22.3 Å². The van der Waals surface area contributed by atoms with Gasteiger partial charge in [0.1, 0.15) is 5.82 Å². The molecule has 24 heavy (non-hydrogen) atoms. The Balaban J connectivity index is 1.80. The molecule has 2 heterocycles. The standard InChI is InChI=1S/C18H23N5O/c1-11(2)17-20-18(22-21-17)19-16(24)9-13-10-23(12(3)4)15-8-6-5-7-14(13)15/h5-8,10-12H,9H2,1-4H3,(H2,19,20,21,22,24). The predicted molar refractivity (Wildman–Crippen MR) is 95.1 cm³/mol. The molecule has 0 fully saturated rings. The van der Waals surface area contributed by atoms with Gasteiger partial charge in [-0.25, -0.2) is 0 Å². The lowest BCUT2D eigenvalue weighted by atomic mass is 10.1. The second kappa shape index (κ2) is 6.47. The van der Waals surface area contributed by atoms with Crippen LogP contribution in [0.25, 0.3) is 10.9 Å². The maximum atomic E-state index is 12.4. The highest BCUT2D eigenvalue weighted by Gasteiger charge is 2.15. The van der Waals surface area contributed by atoms with E-state index in [9.17, 15) is 4.79 Å². The minimum atomic E-state index is -0.115. The number of fused-ring (bicyclic) bond motifs is 1. The number of amides is 1. The van der Waals surface area contributed by atoms with Crippen molar-refractivity contribution in [2.24, 2.45) is 0 Å². The van der Waals surface area contributed by atoms with E-state index < -0.39 is 0 Å². The van der Waals surface area contributed by atoms with Crippen molar-refractivity contribution in [2.45, 2.75) is 46.1 Å². The number of hydrogen-bond donors (Lipinski definition) is 2. The second-order valence-electron chi connectivity index (χ2n) is 6.60. The largest absolute Gasteiger partial charge is 0.345 e. The average Bonchev–Trinajstić information content (AvgIpc) is 3.13. The van der Waals surface area contributed by atoms with Crippen LogP contribution in [0.3, 0.4) is 0 Å². The van der Waals surface area contributed by atoms with Gasteiger partial charge in [0, 0.05) is 29.1 Å². The van der Waals surface area contributed by atoms with Gasteiger partial charge in [-0.2, -0.15) is 4.98 Å². The third-order valence-corrected chi connectivity index (χ3v) is 4.03. The van der Waals surface area contributed by atoms with Crippen LogP contribution in [0.1, 0.15) is 51.0 Å². The van der Waals surface area contributed by atoms with E-state index in [0.29, 0.717) is 18.4 Å². The van der Waals surface area contributed by atoms with Crippen LogP contribution >= 0.6 is 0 Å². The number of aromatic amines is 1. The highest BCUT2D eigenvalue weighted by atomic mass is 16.1. The summed E-state index contributed by atoms with van der Waals surface area (Å²) in [5, 5.41) is 10.8. The Labute approximate surface area is 141 Å². The minimum absolute atomic E-state index is 0.115. The molecule has 0 atom stereocenters. The Morgan fingerprint density at radius 2 is 2.00 bits per heavy atom. The van der Waals surface area contributed by atoms with Crippen LogP contribution in [0.15, 0.2) is 30.5 Å². The van der Waals surface area contributed by atoms with Crippen LogP contribution in [0.5, 0.6) is 0 Å². The number of para-hydroxylation sites is 1. The maximum absolute atomic E-state index is 12.4. The molecular formula is C18H23N5O. The molecular weight excluding hydrogens is 302 g/mol. The van der Waals surface area contributed by atoms with Crippen molar-refractivity contribution in [3.8, 4) is 0 Å². The lowest BCUT2D eigenvalue weighted by molar-refractivity contribution is -0.115. The van der Waals surface area contributed by atoms with Crippen LogP contribution in [-0.2, 0) is 11.2 Å². The lowest BCUT2D eigenvalue weighted by Gasteiger charge is -2.08. The van der Waals surface area contributed by atoms with Gasteiger partial charge in [-0.3, -0.25) is 15.2 Å². The number of carbonyl (C=O) groups is 1. The molecule has 1 amide bonds. The fourth-order valence-corrected chi connectivity index (χ4v) is 2.78. The predicted octanol–water partition coefficient (Wildman–Crippen LogP) is 3.64. The lowest BCUT2D eigenvalue weighted by Crippen LogP contribution is -2.15. The molecule has 1 aromatic carbocycles. The molecule has 0 saturated carbocycles. The van der Waals surface area contributed by atoms with Crippen LogP contribution in [-0.4, -0.2) is 25.7 Å². The summed E-state index contributed by atoms with van der Waals surface area (Å²) in [6.45, 7) is 8.31. The summed E-state index contributed by atoms with van der Waals surface area (Å²) in [6.07, 6.45) is 2.36. The van der Waals surface area contributed by atoms with Crippen LogP contribution in [0.4, 0.5) is 5.95 Å². The monoisotopic (exact) mass is 325 g/mol. The van der Waals surface area contributed by atoms with Gasteiger partial charge in [-0.15, -0.1) is 5.10 Å². The summed E-state index contributed by atoms with van der Waals surface area (Å²) in [7, 11) is 0. The van der Waals surface area contributed by atoms with E-state index in [4.69, 9.17) is 0 Å². The fourth-order valence-electron chi connectivity index (χ4n) is 2.78. The molecule has 0 radical (unpaired) electrons. The molecule has 0 aliphatic rings. The summed E-state index contributed by atoms with van der Waals surface area (Å²) in [5.41, 5.74) is 2.16. The highest BCUT2D eigenvalue weighted by Crippen LogP contribution is 2.25. The Kier molecular flexibility index (Phi) is 4.38. The number of aromatic nitrogens is 4. The number of nitrogens with zero attached hydrogens (tertiary/aromatic N) is 3. The van der Waals surface area contributed by atoms with Crippen LogP contribution in [0.2, 0.25) is 0 Å². The zero-order valence-corrected chi connectivity index (χ0v) is 14.5.